The average molecular weight is 217 g/mol. The first kappa shape index (κ1) is 10.4. The van der Waals surface area contributed by atoms with Crippen LogP contribution >= 0.6 is 0 Å². The summed E-state index contributed by atoms with van der Waals surface area (Å²) < 4.78 is 5.24. The molecule has 2 aromatic rings. The van der Waals surface area contributed by atoms with E-state index in [2.05, 4.69) is 4.98 Å². The summed E-state index contributed by atoms with van der Waals surface area (Å²) in [5.74, 6) is -0.279. The first-order valence-corrected chi connectivity index (χ1v) is 4.88. The molecule has 0 amide bonds. The first-order valence-electron chi connectivity index (χ1n) is 4.88. The van der Waals surface area contributed by atoms with E-state index in [0.717, 1.165) is 16.8 Å². The molecule has 0 fully saturated rings. The fourth-order valence-corrected chi connectivity index (χ4v) is 1.43. The van der Waals surface area contributed by atoms with Gasteiger partial charge in [-0.2, -0.15) is 0 Å². The van der Waals surface area contributed by atoms with Crippen LogP contribution in [0.15, 0.2) is 34.9 Å². The zero-order valence-electron chi connectivity index (χ0n) is 8.80. The van der Waals surface area contributed by atoms with Gasteiger partial charge < -0.3 is 9.52 Å². The van der Waals surface area contributed by atoms with Crippen molar-refractivity contribution < 1.29 is 14.3 Å². The monoisotopic (exact) mass is 217 g/mol. The standard InChI is InChI=1S/C12H11NO3/c1-8-7-16-12(13-8)10-4-2-9(3-5-10)6-11(14)15/h2-5,7H,6H2,1H3,(H,14,15). The second kappa shape index (κ2) is 4.18. The number of oxazole rings is 1. The van der Waals surface area contributed by atoms with Crippen LogP contribution in [0.4, 0.5) is 0 Å². The van der Waals surface area contributed by atoms with Gasteiger partial charge in [-0.25, -0.2) is 4.98 Å². The van der Waals surface area contributed by atoms with Gasteiger partial charge in [0, 0.05) is 5.56 Å². The molecule has 16 heavy (non-hydrogen) atoms. The molecule has 82 valence electrons. The molecule has 0 aliphatic carbocycles. The molecule has 0 spiro atoms. The number of hydrogen-bond acceptors (Lipinski definition) is 3. The van der Waals surface area contributed by atoms with E-state index in [1.165, 1.54) is 0 Å². The Kier molecular flexibility index (Phi) is 2.72. The summed E-state index contributed by atoms with van der Waals surface area (Å²) in [6.07, 6.45) is 1.62. The van der Waals surface area contributed by atoms with Gasteiger partial charge in [0.05, 0.1) is 12.1 Å². The molecule has 1 heterocycles. The Balaban J connectivity index is 2.22. The summed E-state index contributed by atoms with van der Waals surface area (Å²) in [4.78, 5) is 14.7. The van der Waals surface area contributed by atoms with Crippen molar-refractivity contribution in [2.45, 2.75) is 13.3 Å². The Morgan fingerprint density at radius 2 is 2.06 bits per heavy atom. The molecule has 0 atom stereocenters. The van der Waals surface area contributed by atoms with Crippen molar-refractivity contribution in [2.24, 2.45) is 0 Å². The lowest BCUT2D eigenvalue weighted by Gasteiger charge is -1.98. The molecule has 1 N–H and O–H groups in total. The molecule has 2 rings (SSSR count). The third-order valence-corrected chi connectivity index (χ3v) is 2.18. The average Bonchev–Trinajstić information content (AvgIpc) is 2.65. The molecule has 4 nitrogen and oxygen atoms in total. The quantitative estimate of drug-likeness (QED) is 0.856. The summed E-state index contributed by atoms with van der Waals surface area (Å²) in [7, 11) is 0. The van der Waals surface area contributed by atoms with Crippen molar-refractivity contribution in [3.8, 4) is 11.5 Å². The summed E-state index contributed by atoms with van der Waals surface area (Å²) >= 11 is 0. The molecule has 0 radical (unpaired) electrons. The number of aryl methyl sites for hydroxylation is 1. The summed E-state index contributed by atoms with van der Waals surface area (Å²) in [5, 5.41) is 8.63. The van der Waals surface area contributed by atoms with Gasteiger partial charge in [0.15, 0.2) is 0 Å². The van der Waals surface area contributed by atoms with Gasteiger partial charge in [0.25, 0.3) is 0 Å². The van der Waals surface area contributed by atoms with Gasteiger partial charge >= 0.3 is 5.97 Å². The molecule has 0 saturated heterocycles. The third-order valence-electron chi connectivity index (χ3n) is 2.18. The van der Waals surface area contributed by atoms with Crippen molar-refractivity contribution in [3.05, 3.63) is 41.8 Å². The maximum absolute atomic E-state index is 10.5. The van der Waals surface area contributed by atoms with Crippen molar-refractivity contribution in [2.75, 3.05) is 0 Å². The largest absolute Gasteiger partial charge is 0.481 e. The summed E-state index contributed by atoms with van der Waals surface area (Å²) in [6, 6.07) is 7.15. The fourth-order valence-electron chi connectivity index (χ4n) is 1.43. The predicted molar refractivity (Wildman–Crippen MR) is 58.0 cm³/mol. The SMILES string of the molecule is Cc1coc(-c2ccc(CC(=O)O)cc2)n1. The Morgan fingerprint density at radius 3 is 2.56 bits per heavy atom. The molecule has 0 unspecified atom stereocenters. The van der Waals surface area contributed by atoms with E-state index >= 15 is 0 Å². The Hall–Kier alpha value is -2.10. The van der Waals surface area contributed by atoms with Gasteiger partial charge in [0.2, 0.25) is 5.89 Å². The highest BCUT2D eigenvalue weighted by Gasteiger charge is 2.05. The van der Waals surface area contributed by atoms with Crippen molar-refractivity contribution in [1.29, 1.82) is 0 Å². The molecule has 0 aliphatic rings. The van der Waals surface area contributed by atoms with E-state index in [4.69, 9.17) is 9.52 Å². The minimum absolute atomic E-state index is 0.0326. The lowest BCUT2D eigenvalue weighted by Crippen LogP contribution is -1.99. The van der Waals surface area contributed by atoms with Crippen LogP contribution in [0, 0.1) is 6.92 Å². The van der Waals surface area contributed by atoms with Crippen LogP contribution in [-0.2, 0) is 11.2 Å². The lowest BCUT2D eigenvalue weighted by atomic mass is 10.1. The van der Waals surface area contributed by atoms with E-state index in [1.54, 1.807) is 18.4 Å². The van der Waals surface area contributed by atoms with Gasteiger partial charge in [-0.05, 0) is 24.6 Å². The number of aliphatic carboxylic acids is 1. The minimum Gasteiger partial charge on any atom is -0.481 e. The van der Waals surface area contributed by atoms with Crippen LogP contribution in [0.5, 0.6) is 0 Å². The van der Waals surface area contributed by atoms with Gasteiger partial charge in [-0.1, -0.05) is 12.1 Å². The molecule has 1 aromatic heterocycles. The second-order valence-electron chi connectivity index (χ2n) is 3.56. The van der Waals surface area contributed by atoms with Crippen LogP contribution < -0.4 is 0 Å². The fraction of sp³-hybridized carbons (Fsp3) is 0.167. The normalized spacial score (nSPS) is 10.3. The zero-order valence-corrected chi connectivity index (χ0v) is 8.80. The highest BCUT2D eigenvalue weighted by Crippen LogP contribution is 2.18. The number of nitrogens with zero attached hydrogens (tertiary/aromatic N) is 1. The molecule has 0 aliphatic heterocycles. The molecular formula is C12H11NO3. The molecule has 1 aromatic carbocycles. The number of benzene rings is 1. The minimum atomic E-state index is -0.834. The number of hydrogen-bond donors (Lipinski definition) is 1. The van der Waals surface area contributed by atoms with E-state index in [1.807, 2.05) is 19.1 Å². The zero-order chi connectivity index (χ0) is 11.5. The van der Waals surface area contributed by atoms with Crippen molar-refractivity contribution in [1.82, 2.24) is 4.98 Å². The highest BCUT2D eigenvalue weighted by atomic mass is 16.4. The summed E-state index contributed by atoms with van der Waals surface area (Å²) in [5.41, 5.74) is 2.44. The lowest BCUT2D eigenvalue weighted by molar-refractivity contribution is -0.136. The smallest absolute Gasteiger partial charge is 0.307 e. The van der Waals surface area contributed by atoms with Crippen LogP contribution in [0.1, 0.15) is 11.3 Å². The number of carbonyl (C=O) groups is 1. The highest BCUT2D eigenvalue weighted by molar-refractivity contribution is 5.70. The van der Waals surface area contributed by atoms with Gasteiger partial charge in [-0.15, -0.1) is 0 Å². The Bertz CT molecular complexity index is 499. The number of carboxylic acid groups (broad SMARTS) is 1. The van der Waals surface area contributed by atoms with Crippen LogP contribution in [0.2, 0.25) is 0 Å². The van der Waals surface area contributed by atoms with Gasteiger partial charge in [-0.3, -0.25) is 4.79 Å². The van der Waals surface area contributed by atoms with E-state index in [-0.39, 0.29) is 6.42 Å². The van der Waals surface area contributed by atoms with E-state index in [9.17, 15) is 4.79 Å². The third kappa shape index (κ3) is 2.28. The topological polar surface area (TPSA) is 63.3 Å². The van der Waals surface area contributed by atoms with Crippen LogP contribution in [0.25, 0.3) is 11.5 Å². The maximum atomic E-state index is 10.5. The second-order valence-corrected chi connectivity index (χ2v) is 3.56. The van der Waals surface area contributed by atoms with Crippen LogP contribution in [-0.4, -0.2) is 16.1 Å². The number of rotatable bonds is 3. The van der Waals surface area contributed by atoms with Crippen molar-refractivity contribution in [3.63, 3.8) is 0 Å². The Morgan fingerprint density at radius 1 is 1.38 bits per heavy atom. The summed E-state index contributed by atoms with van der Waals surface area (Å²) in [6.45, 7) is 1.85. The molecule has 0 bridgehead atoms. The number of carboxylic acids is 1. The van der Waals surface area contributed by atoms with Crippen molar-refractivity contribution >= 4 is 5.97 Å². The predicted octanol–water partition coefficient (Wildman–Crippen LogP) is 2.28. The molecule has 0 saturated carbocycles. The number of aromatic nitrogens is 1. The molecule has 4 heteroatoms. The van der Waals surface area contributed by atoms with Gasteiger partial charge in [0.1, 0.15) is 6.26 Å². The van der Waals surface area contributed by atoms with E-state index in [0.29, 0.717) is 5.89 Å². The maximum Gasteiger partial charge on any atom is 0.307 e. The van der Waals surface area contributed by atoms with Crippen LogP contribution in [0.3, 0.4) is 0 Å². The first-order chi connectivity index (χ1) is 7.65. The molecular weight excluding hydrogens is 206 g/mol. The van der Waals surface area contributed by atoms with E-state index < -0.39 is 5.97 Å². The Labute approximate surface area is 92.6 Å².